The molecule has 1 saturated carbocycles. The SMILES string of the molecule is CCC1CCCC(O)(C(N)(CC)CC)CC1. The first-order valence-corrected chi connectivity index (χ1v) is 7.02. The summed E-state index contributed by atoms with van der Waals surface area (Å²) in [5.41, 5.74) is 5.41. The van der Waals surface area contributed by atoms with Crippen molar-refractivity contribution in [2.75, 3.05) is 0 Å². The van der Waals surface area contributed by atoms with Crippen LogP contribution in [0.25, 0.3) is 0 Å². The van der Waals surface area contributed by atoms with E-state index in [0.717, 1.165) is 44.4 Å². The summed E-state index contributed by atoms with van der Waals surface area (Å²) in [5, 5.41) is 10.9. The summed E-state index contributed by atoms with van der Waals surface area (Å²) in [4.78, 5) is 0. The van der Waals surface area contributed by atoms with E-state index in [-0.39, 0.29) is 5.54 Å². The molecule has 0 aromatic rings. The van der Waals surface area contributed by atoms with Gasteiger partial charge in [0, 0.05) is 5.54 Å². The van der Waals surface area contributed by atoms with Gasteiger partial charge in [-0.05, 0) is 38.0 Å². The molecule has 1 fully saturated rings. The Hall–Kier alpha value is -0.0800. The minimum atomic E-state index is -0.625. The minimum absolute atomic E-state index is 0.379. The van der Waals surface area contributed by atoms with Crippen molar-refractivity contribution in [2.24, 2.45) is 11.7 Å². The molecule has 0 radical (unpaired) electrons. The van der Waals surface area contributed by atoms with Gasteiger partial charge in [-0.1, -0.05) is 40.0 Å². The predicted molar refractivity (Wildman–Crippen MR) is 69.3 cm³/mol. The highest BCUT2D eigenvalue weighted by atomic mass is 16.3. The molecular weight excluding hydrogens is 198 g/mol. The molecule has 0 heterocycles. The van der Waals surface area contributed by atoms with E-state index < -0.39 is 5.60 Å². The van der Waals surface area contributed by atoms with Gasteiger partial charge in [-0.3, -0.25) is 0 Å². The van der Waals surface area contributed by atoms with Crippen LogP contribution < -0.4 is 5.73 Å². The molecule has 0 amide bonds. The number of hydrogen-bond donors (Lipinski definition) is 2. The Labute approximate surface area is 101 Å². The fourth-order valence-corrected chi connectivity index (χ4v) is 3.21. The van der Waals surface area contributed by atoms with Crippen molar-refractivity contribution in [1.29, 1.82) is 0 Å². The van der Waals surface area contributed by atoms with Gasteiger partial charge in [0.05, 0.1) is 5.60 Å². The van der Waals surface area contributed by atoms with Crippen LogP contribution in [-0.2, 0) is 0 Å². The van der Waals surface area contributed by atoms with Crippen LogP contribution in [0.2, 0.25) is 0 Å². The van der Waals surface area contributed by atoms with Crippen molar-refractivity contribution in [2.45, 2.75) is 83.3 Å². The Bertz CT molecular complexity index is 213. The maximum absolute atomic E-state index is 10.9. The zero-order valence-corrected chi connectivity index (χ0v) is 11.3. The fraction of sp³-hybridized carbons (Fsp3) is 1.00. The van der Waals surface area contributed by atoms with Crippen LogP contribution in [0.4, 0.5) is 0 Å². The first kappa shape index (κ1) is 14.0. The summed E-state index contributed by atoms with van der Waals surface area (Å²) in [6.45, 7) is 6.46. The van der Waals surface area contributed by atoms with Gasteiger partial charge in [0.15, 0.2) is 0 Å². The van der Waals surface area contributed by atoms with Crippen molar-refractivity contribution in [3.05, 3.63) is 0 Å². The minimum Gasteiger partial charge on any atom is -0.388 e. The van der Waals surface area contributed by atoms with Crippen LogP contribution in [-0.4, -0.2) is 16.2 Å². The summed E-state index contributed by atoms with van der Waals surface area (Å²) in [7, 11) is 0. The lowest BCUT2D eigenvalue weighted by molar-refractivity contribution is -0.0530. The van der Waals surface area contributed by atoms with Crippen LogP contribution >= 0.6 is 0 Å². The first-order valence-electron chi connectivity index (χ1n) is 7.02. The average Bonchev–Trinajstić information content (AvgIpc) is 2.51. The largest absolute Gasteiger partial charge is 0.388 e. The molecule has 0 saturated heterocycles. The smallest absolute Gasteiger partial charge is 0.0826 e. The Kier molecular flexibility index (Phi) is 4.81. The number of nitrogens with two attached hydrogens (primary N) is 1. The maximum Gasteiger partial charge on any atom is 0.0826 e. The zero-order valence-electron chi connectivity index (χ0n) is 11.3. The van der Waals surface area contributed by atoms with Gasteiger partial charge in [-0.15, -0.1) is 0 Å². The van der Waals surface area contributed by atoms with E-state index >= 15 is 0 Å². The second-order valence-electron chi connectivity index (χ2n) is 5.60. The number of rotatable bonds is 4. The lowest BCUT2D eigenvalue weighted by Gasteiger charge is -2.44. The second-order valence-corrected chi connectivity index (χ2v) is 5.60. The zero-order chi connectivity index (χ0) is 12.2. The quantitative estimate of drug-likeness (QED) is 0.724. The van der Waals surface area contributed by atoms with E-state index in [2.05, 4.69) is 20.8 Å². The number of hydrogen-bond acceptors (Lipinski definition) is 2. The molecule has 1 rings (SSSR count). The third-order valence-electron chi connectivity index (χ3n) is 4.93. The van der Waals surface area contributed by atoms with E-state index in [1.807, 2.05) is 0 Å². The van der Waals surface area contributed by atoms with Gasteiger partial charge in [0.2, 0.25) is 0 Å². The Morgan fingerprint density at radius 3 is 2.31 bits per heavy atom. The Morgan fingerprint density at radius 2 is 1.81 bits per heavy atom. The summed E-state index contributed by atoms with van der Waals surface area (Å²) in [6, 6.07) is 0. The molecular formula is C14H29NO. The van der Waals surface area contributed by atoms with Crippen molar-refractivity contribution >= 4 is 0 Å². The molecule has 2 heteroatoms. The van der Waals surface area contributed by atoms with Gasteiger partial charge in [-0.2, -0.15) is 0 Å². The summed E-state index contributed by atoms with van der Waals surface area (Å²) >= 11 is 0. The van der Waals surface area contributed by atoms with Gasteiger partial charge < -0.3 is 10.8 Å². The van der Waals surface area contributed by atoms with Gasteiger partial charge in [0.25, 0.3) is 0 Å². The molecule has 3 N–H and O–H groups in total. The molecule has 1 aliphatic rings. The van der Waals surface area contributed by atoms with Crippen molar-refractivity contribution in [3.8, 4) is 0 Å². The molecule has 1 aliphatic carbocycles. The van der Waals surface area contributed by atoms with Crippen molar-refractivity contribution in [1.82, 2.24) is 0 Å². The highest BCUT2D eigenvalue weighted by molar-refractivity contribution is 5.03. The van der Waals surface area contributed by atoms with Gasteiger partial charge >= 0.3 is 0 Å². The molecule has 0 bridgehead atoms. The Balaban J connectivity index is 2.76. The predicted octanol–water partition coefficient (Wildman–Crippen LogP) is 3.23. The van der Waals surface area contributed by atoms with Crippen LogP contribution in [0.3, 0.4) is 0 Å². The molecule has 0 aromatic heterocycles. The maximum atomic E-state index is 10.9. The molecule has 2 unspecified atom stereocenters. The highest BCUT2D eigenvalue weighted by Gasteiger charge is 2.45. The third kappa shape index (κ3) is 2.60. The Morgan fingerprint density at radius 1 is 1.19 bits per heavy atom. The standard InChI is InChI=1S/C14H29NO/c1-4-12-8-7-10-14(16,11-9-12)13(15,5-2)6-3/h12,16H,4-11,15H2,1-3H3. The average molecular weight is 227 g/mol. The summed E-state index contributed by atoms with van der Waals surface area (Å²) in [5.74, 6) is 0.798. The molecule has 2 atom stereocenters. The van der Waals surface area contributed by atoms with Crippen LogP contribution in [0.1, 0.15) is 72.1 Å². The first-order chi connectivity index (χ1) is 7.51. The lowest BCUT2D eigenvalue weighted by atomic mass is 9.72. The van der Waals surface area contributed by atoms with Crippen LogP contribution in [0, 0.1) is 5.92 Å². The topological polar surface area (TPSA) is 46.2 Å². The summed E-state index contributed by atoms with van der Waals surface area (Å²) < 4.78 is 0. The van der Waals surface area contributed by atoms with Crippen molar-refractivity contribution in [3.63, 3.8) is 0 Å². The lowest BCUT2D eigenvalue weighted by Crippen LogP contribution is -2.59. The monoisotopic (exact) mass is 227 g/mol. The van der Waals surface area contributed by atoms with Gasteiger partial charge in [0.1, 0.15) is 0 Å². The van der Waals surface area contributed by atoms with Gasteiger partial charge in [-0.25, -0.2) is 0 Å². The fourth-order valence-electron chi connectivity index (χ4n) is 3.21. The highest BCUT2D eigenvalue weighted by Crippen LogP contribution is 2.40. The molecule has 16 heavy (non-hydrogen) atoms. The third-order valence-corrected chi connectivity index (χ3v) is 4.93. The number of aliphatic hydroxyl groups is 1. The molecule has 96 valence electrons. The molecule has 0 aliphatic heterocycles. The van der Waals surface area contributed by atoms with E-state index in [0.29, 0.717) is 0 Å². The van der Waals surface area contributed by atoms with Crippen molar-refractivity contribution < 1.29 is 5.11 Å². The molecule has 0 spiro atoms. The molecule has 2 nitrogen and oxygen atoms in total. The second kappa shape index (κ2) is 5.50. The normalized spacial score (nSPS) is 32.4. The van der Waals surface area contributed by atoms with Crippen LogP contribution in [0.5, 0.6) is 0 Å². The van der Waals surface area contributed by atoms with E-state index in [4.69, 9.17) is 5.73 Å². The van der Waals surface area contributed by atoms with E-state index in [1.165, 1.54) is 12.8 Å². The summed E-state index contributed by atoms with van der Waals surface area (Å²) in [6.07, 6.45) is 8.31. The molecule has 0 aromatic carbocycles. The van der Waals surface area contributed by atoms with E-state index in [9.17, 15) is 5.11 Å². The van der Waals surface area contributed by atoms with E-state index in [1.54, 1.807) is 0 Å². The van der Waals surface area contributed by atoms with Crippen LogP contribution in [0.15, 0.2) is 0 Å².